The molecule has 1 saturated heterocycles. The van der Waals surface area contributed by atoms with E-state index in [1.165, 1.54) is 0 Å². The standard InChI is InChI=1S/C22H30N6O2/c1-23-22(26-15-18-16-29-19-7-3-4-8-20(19)30-18)25-14-17-6-5-9-24-21(17)28-12-10-27(2)11-13-28/h3-9,18H,10-16H2,1-2H3,(H2,23,25,26). The van der Waals surface area contributed by atoms with E-state index in [-0.39, 0.29) is 6.10 Å². The van der Waals surface area contributed by atoms with Gasteiger partial charge in [0.25, 0.3) is 0 Å². The Morgan fingerprint density at radius 2 is 1.90 bits per heavy atom. The van der Waals surface area contributed by atoms with Crippen LogP contribution >= 0.6 is 0 Å². The number of ether oxygens (including phenoxy) is 2. The Bertz CT molecular complexity index is 866. The van der Waals surface area contributed by atoms with Crippen molar-refractivity contribution in [3.05, 3.63) is 48.2 Å². The van der Waals surface area contributed by atoms with Crippen molar-refractivity contribution < 1.29 is 9.47 Å². The second-order valence-corrected chi connectivity index (χ2v) is 7.58. The number of piperazine rings is 1. The zero-order chi connectivity index (χ0) is 20.8. The fourth-order valence-corrected chi connectivity index (χ4v) is 3.64. The van der Waals surface area contributed by atoms with Crippen LogP contribution in [0.3, 0.4) is 0 Å². The van der Waals surface area contributed by atoms with Gasteiger partial charge in [0.1, 0.15) is 18.5 Å². The number of pyridine rings is 1. The number of fused-ring (bicyclic) bond motifs is 1. The summed E-state index contributed by atoms with van der Waals surface area (Å²) in [6, 6.07) is 11.8. The third kappa shape index (κ3) is 4.94. The molecule has 0 saturated carbocycles. The minimum absolute atomic E-state index is 0.0715. The number of para-hydroxylation sites is 2. The van der Waals surface area contributed by atoms with Crippen LogP contribution in [0.15, 0.2) is 47.6 Å². The Balaban J connectivity index is 1.30. The van der Waals surface area contributed by atoms with Gasteiger partial charge in [0.05, 0.1) is 6.54 Å². The van der Waals surface area contributed by atoms with Crippen molar-refractivity contribution in [3.8, 4) is 11.5 Å². The van der Waals surface area contributed by atoms with E-state index in [1.807, 2.05) is 36.5 Å². The van der Waals surface area contributed by atoms with Crippen LogP contribution in [0.4, 0.5) is 5.82 Å². The Kier molecular flexibility index (Phi) is 6.53. The Labute approximate surface area is 177 Å². The van der Waals surface area contributed by atoms with Crippen molar-refractivity contribution >= 4 is 11.8 Å². The number of nitrogens with one attached hydrogen (secondary N) is 2. The summed E-state index contributed by atoms with van der Waals surface area (Å²) in [6.45, 7) is 5.87. The minimum Gasteiger partial charge on any atom is -0.486 e. The molecule has 1 unspecified atom stereocenters. The molecule has 2 aliphatic heterocycles. The molecule has 0 bridgehead atoms. The van der Waals surface area contributed by atoms with Crippen LogP contribution in [0, 0.1) is 0 Å². The van der Waals surface area contributed by atoms with Gasteiger partial charge in [-0.05, 0) is 25.2 Å². The summed E-state index contributed by atoms with van der Waals surface area (Å²) in [4.78, 5) is 13.7. The number of aromatic nitrogens is 1. The van der Waals surface area contributed by atoms with Crippen molar-refractivity contribution in [2.75, 3.05) is 58.3 Å². The molecule has 4 rings (SSSR count). The number of guanidine groups is 1. The zero-order valence-electron chi connectivity index (χ0n) is 17.7. The first kappa shape index (κ1) is 20.3. The highest BCUT2D eigenvalue weighted by Gasteiger charge is 2.21. The average molecular weight is 411 g/mol. The lowest BCUT2D eigenvalue weighted by molar-refractivity contribution is 0.0936. The Morgan fingerprint density at radius 3 is 2.70 bits per heavy atom. The lowest BCUT2D eigenvalue weighted by Gasteiger charge is -2.34. The van der Waals surface area contributed by atoms with Crippen molar-refractivity contribution in [2.24, 2.45) is 4.99 Å². The van der Waals surface area contributed by atoms with E-state index < -0.39 is 0 Å². The van der Waals surface area contributed by atoms with Gasteiger partial charge in [-0.3, -0.25) is 4.99 Å². The topological polar surface area (TPSA) is 74.3 Å². The van der Waals surface area contributed by atoms with Crippen LogP contribution in [-0.4, -0.2) is 75.4 Å². The molecule has 0 spiro atoms. The predicted octanol–water partition coefficient (Wildman–Crippen LogP) is 1.34. The minimum atomic E-state index is -0.0715. The average Bonchev–Trinajstić information content (AvgIpc) is 2.80. The molecule has 2 aliphatic rings. The van der Waals surface area contributed by atoms with Crippen LogP contribution in [0.2, 0.25) is 0 Å². The first-order chi connectivity index (χ1) is 14.7. The summed E-state index contributed by atoms with van der Waals surface area (Å²) < 4.78 is 11.8. The molecule has 1 aromatic carbocycles. The molecule has 1 fully saturated rings. The third-order valence-electron chi connectivity index (χ3n) is 5.40. The molecule has 160 valence electrons. The van der Waals surface area contributed by atoms with Gasteiger partial charge in [0.2, 0.25) is 0 Å². The van der Waals surface area contributed by atoms with E-state index in [0.717, 1.165) is 55.0 Å². The fraction of sp³-hybridized carbons (Fsp3) is 0.455. The largest absolute Gasteiger partial charge is 0.486 e. The molecule has 1 atom stereocenters. The van der Waals surface area contributed by atoms with Crippen LogP contribution in [0.1, 0.15) is 5.56 Å². The molecule has 0 radical (unpaired) electrons. The summed E-state index contributed by atoms with van der Waals surface area (Å²) in [5, 5.41) is 6.74. The van der Waals surface area contributed by atoms with Gasteiger partial charge in [0, 0.05) is 51.5 Å². The lowest BCUT2D eigenvalue weighted by Crippen LogP contribution is -2.46. The first-order valence-electron chi connectivity index (χ1n) is 10.4. The molecule has 8 heteroatoms. The first-order valence-corrected chi connectivity index (χ1v) is 10.4. The van der Waals surface area contributed by atoms with E-state index in [0.29, 0.717) is 19.7 Å². The maximum absolute atomic E-state index is 6.01. The number of benzene rings is 1. The number of anilines is 1. The van der Waals surface area contributed by atoms with Crippen LogP contribution in [0.25, 0.3) is 0 Å². The quantitative estimate of drug-likeness (QED) is 0.569. The number of nitrogens with zero attached hydrogens (tertiary/aromatic N) is 4. The number of likely N-dealkylation sites (N-methyl/N-ethyl adjacent to an activating group) is 1. The lowest BCUT2D eigenvalue weighted by atomic mass is 10.2. The zero-order valence-corrected chi connectivity index (χ0v) is 17.7. The third-order valence-corrected chi connectivity index (χ3v) is 5.40. The number of hydrogen-bond donors (Lipinski definition) is 2. The molecule has 2 aromatic rings. The SMILES string of the molecule is CN=C(NCc1cccnc1N1CCN(C)CC1)NCC1COc2ccccc2O1. The van der Waals surface area contributed by atoms with Gasteiger partial charge in [0.15, 0.2) is 17.5 Å². The predicted molar refractivity (Wildman–Crippen MR) is 119 cm³/mol. The molecule has 30 heavy (non-hydrogen) atoms. The van der Waals surface area contributed by atoms with Gasteiger partial charge in [-0.25, -0.2) is 4.98 Å². The van der Waals surface area contributed by atoms with Crippen molar-refractivity contribution in [2.45, 2.75) is 12.6 Å². The van der Waals surface area contributed by atoms with Gasteiger partial charge in [-0.15, -0.1) is 0 Å². The van der Waals surface area contributed by atoms with E-state index in [1.54, 1.807) is 7.05 Å². The number of aliphatic imine (C=N–C) groups is 1. The second-order valence-electron chi connectivity index (χ2n) is 7.58. The van der Waals surface area contributed by atoms with E-state index >= 15 is 0 Å². The Hall–Kier alpha value is -3.00. The van der Waals surface area contributed by atoms with E-state index in [9.17, 15) is 0 Å². The van der Waals surface area contributed by atoms with Gasteiger partial charge < -0.3 is 29.9 Å². The smallest absolute Gasteiger partial charge is 0.191 e. The molecule has 8 nitrogen and oxygen atoms in total. The number of rotatable bonds is 5. The molecule has 1 aromatic heterocycles. The van der Waals surface area contributed by atoms with Crippen LogP contribution in [-0.2, 0) is 6.54 Å². The maximum atomic E-state index is 6.01. The highest BCUT2D eigenvalue weighted by Crippen LogP contribution is 2.30. The fourth-order valence-electron chi connectivity index (χ4n) is 3.64. The van der Waals surface area contributed by atoms with E-state index in [2.05, 4.69) is 43.5 Å². The van der Waals surface area contributed by atoms with E-state index in [4.69, 9.17) is 9.47 Å². The van der Waals surface area contributed by atoms with Gasteiger partial charge in [-0.1, -0.05) is 18.2 Å². The molecular weight excluding hydrogens is 380 g/mol. The second kappa shape index (κ2) is 9.67. The summed E-state index contributed by atoms with van der Waals surface area (Å²) >= 11 is 0. The highest BCUT2D eigenvalue weighted by atomic mass is 16.6. The van der Waals surface area contributed by atoms with Crippen LogP contribution < -0.4 is 25.0 Å². The molecule has 2 N–H and O–H groups in total. The maximum Gasteiger partial charge on any atom is 0.191 e. The molecule has 0 amide bonds. The van der Waals surface area contributed by atoms with Crippen molar-refractivity contribution in [1.82, 2.24) is 20.5 Å². The Morgan fingerprint density at radius 1 is 1.10 bits per heavy atom. The molecular formula is C22H30N6O2. The molecule has 3 heterocycles. The van der Waals surface area contributed by atoms with Gasteiger partial charge >= 0.3 is 0 Å². The molecule has 0 aliphatic carbocycles. The summed E-state index contributed by atoms with van der Waals surface area (Å²) in [6.07, 6.45) is 1.79. The van der Waals surface area contributed by atoms with Gasteiger partial charge in [-0.2, -0.15) is 0 Å². The summed E-state index contributed by atoms with van der Waals surface area (Å²) in [7, 11) is 3.93. The normalized spacial score (nSPS) is 19.5. The summed E-state index contributed by atoms with van der Waals surface area (Å²) in [5.41, 5.74) is 1.16. The van der Waals surface area contributed by atoms with Crippen molar-refractivity contribution in [1.29, 1.82) is 0 Å². The van der Waals surface area contributed by atoms with Crippen molar-refractivity contribution in [3.63, 3.8) is 0 Å². The highest BCUT2D eigenvalue weighted by molar-refractivity contribution is 5.79. The monoisotopic (exact) mass is 410 g/mol. The number of hydrogen-bond acceptors (Lipinski definition) is 6. The van der Waals surface area contributed by atoms with Crippen LogP contribution in [0.5, 0.6) is 11.5 Å². The summed E-state index contributed by atoms with van der Waals surface area (Å²) in [5.74, 6) is 3.36.